The van der Waals surface area contributed by atoms with Gasteiger partial charge in [-0.05, 0) is 24.0 Å². The van der Waals surface area contributed by atoms with E-state index in [9.17, 15) is 10.1 Å². The van der Waals surface area contributed by atoms with Crippen molar-refractivity contribution in [1.29, 1.82) is 5.26 Å². The highest BCUT2D eigenvalue weighted by Gasteiger charge is 2.18. The molecule has 5 nitrogen and oxygen atoms in total. The molecule has 0 aromatic heterocycles. The summed E-state index contributed by atoms with van der Waals surface area (Å²) in [4.78, 5) is 12.7. The highest BCUT2D eigenvalue weighted by atomic mass is 16.6. The van der Waals surface area contributed by atoms with Crippen molar-refractivity contribution in [3.8, 4) is 6.07 Å². The molecule has 0 saturated carbocycles. The molecule has 0 heterocycles. The van der Waals surface area contributed by atoms with Crippen LogP contribution in [0.5, 0.6) is 0 Å². The van der Waals surface area contributed by atoms with Crippen molar-refractivity contribution in [1.82, 2.24) is 0 Å². The summed E-state index contributed by atoms with van der Waals surface area (Å²) in [6.07, 6.45) is 0. The third-order valence-corrected chi connectivity index (χ3v) is 2.83. The first-order valence-corrected chi connectivity index (χ1v) is 6.78. The van der Waals surface area contributed by atoms with Crippen molar-refractivity contribution in [2.24, 2.45) is 11.8 Å². The van der Waals surface area contributed by atoms with Crippen molar-refractivity contribution in [3.05, 3.63) is 33.9 Å². The quantitative estimate of drug-likeness (QED) is 0.587. The summed E-state index contributed by atoms with van der Waals surface area (Å²) in [5, 5.41) is 20.0. The topological polar surface area (TPSA) is 70.2 Å². The molecule has 108 valence electrons. The number of nitro benzene ring substituents is 1. The number of nitrogens with zero attached hydrogens (tertiary/aromatic N) is 3. The number of benzene rings is 1. The zero-order valence-corrected chi connectivity index (χ0v) is 12.5. The molecule has 0 N–H and O–H groups in total. The highest BCUT2D eigenvalue weighted by Crippen LogP contribution is 2.26. The molecular formula is C15H21N3O2. The molecule has 0 fully saturated rings. The number of hydrogen-bond donors (Lipinski definition) is 0. The zero-order valence-electron chi connectivity index (χ0n) is 12.5. The first-order valence-electron chi connectivity index (χ1n) is 6.78. The molecule has 0 saturated heterocycles. The minimum absolute atomic E-state index is 0.104. The van der Waals surface area contributed by atoms with E-state index in [-0.39, 0.29) is 11.3 Å². The SMILES string of the molecule is CC(C)CN(CC(C)C)c1ccc(C#N)c([N+](=O)[O-])c1. The monoisotopic (exact) mass is 275 g/mol. The van der Waals surface area contributed by atoms with Gasteiger partial charge in [0.1, 0.15) is 11.6 Å². The lowest BCUT2D eigenvalue weighted by Crippen LogP contribution is -2.31. The Balaban J connectivity index is 3.17. The van der Waals surface area contributed by atoms with Crippen molar-refractivity contribution in [2.75, 3.05) is 18.0 Å². The van der Waals surface area contributed by atoms with Gasteiger partial charge in [0.05, 0.1) is 4.92 Å². The van der Waals surface area contributed by atoms with Crippen LogP contribution in [0, 0.1) is 33.3 Å². The molecule has 0 spiro atoms. The Morgan fingerprint density at radius 3 is 2.20 bits per heavy atom. The molecule has 0 unspecified atom stereocenters. The summed E-state index contributed by atoms with van der Waals surface area (Å²) >= 11 is 0. The standard InChI is InChI=1S/C15H21N3O2/c1-11(2)9-17(10-12(3)4)14-6-5-13(8-16)15(7-14)18(19)20/h5-7,11-12H,9-10H2,1-4H3. The number of anilines is 1. The highest BCUT2D eigenvalue weighted by molar-refractivity contribution is 5.60. The van der Waals surface area contributed by atoms with Gasteiger partial charge in [-0.25, -0.2) is 0 Å². The number of nitriles is 1. The molecule has 0 aliphatic heterocycles. The Bertz CT molecular complexity index is 508. The molecule has 0 bridgehead atoms. The van der Waals surface area contributed by atoms with Crippen LogP contribution < -0.4 is 4.90 Å². The van der Waals surface area contributed by atoms with Gasteiger partial charge in [-0.1, -0.05) is 27.7 Å². The maximum absolute atomic E-state index is 11.0. The Kier molecular flexibility index (Phi) is 5.51. The molecule has 1 rings (SSSR count). The summed E-state index contributed by atoms with van der Waals surface area (Å²) in [5.74, 6) is 0.923. The lowest BCUT2D eigenvalue weighted by Gasteiger charge is -2.28. The van der Waals surface area contributed by atoms with Gasteiger partial charge >= 0.3 is 0 Å². The van der Waals surface area contributed by atoms with Crippen LogP contribution in [-0.2, 0) is 0 Å². The van der Waals surface area contributed by atoms with E-state index >= 15 is 0 Å². The fourth-order valence-electron chi connectivity index (χ4n) is 2.13. The second-order valence-corrected chi connectivity index (χ2v) is 5.76. The molecule has 0 radical (unpaired) electrons. The fourth-order valence-corrected chi connectivity index (χ4v) is 2.13. The maximum Gasteiger partial charge on any atom is 0.289 e. The van der Waals surface area contributed by atoms with Crippen LogP contribution in [0.25, 0.3) is 0 Å². The van der Waals surface area contributed by atoms with Gasteiger partial charge in [-0.15, -0.1) is 0 Å². The molecule has 5 heteroatoms. The first kappa shape index (κ1) is 16.0. The van der Waals surface area contributed by atoms with Crippen LogP contribution in [0.1, 0.15) is 33.3 Å². The van der Waals surface area contributed by atoms with Crippen molar-refractivity contribution in [2.45, 2.75) is 27.7 Å². The van der Waals surface area contributed by atoms with Gasteiger partial charge in [0.25, 0.3) is 5.69 Å². The van der Waals surface area contributed by atoms with Gasteiger partial charge in [0, 0.05) is 24.8 Å². The van der Waals surface area contributed by atoms with E-state index in [2.05, 4.69) is 32.6 Å². The largest absolute Gasteiger partial charge is 0.371 e. The van der Waals surface area contributed by atoms with E-state index in [1.165, 1.54) is 12.1 Å². The fraction of sp³-hybridized carbons (Fsp3) is 0.533. The van der Waals surface area contributed by atoms with Crippen LogP contribution in [0.2, 0.25) is 0 Å². The van der Waals surface area contributed by atoms with Crippen LogP contribution in [0.4, 0.5) is 11.4 Å². The third kappa shape index (κ3) is 4.23. The van der Waals surface area contributed by atoms with Crippen LogP contribution in [0.15, 0.2) is 18.2 Å². The van der Waals surface area contributed by atoms with Crippen molar-refractivity contribution in [3.63, 3.8) is 0 Å². The van der Waals surface area contributed by atoms with Gasteiger partial charge in [0.15, 0.2) is 0 Å². The zero-order chi connectivity index (χ0) is 15.3. The van der Waals surface area contributed by atoms with E-state index < -0.39 is 4.92 Å². The van der Waals surface area contributed by atoms with Crippen LogP contribution in [-0.4, -0.2) is 18.0 Å². The molecule has 0 aliphatic carbocycles. The lowest BCUT2D eigenvalue weighted by molar-refractivity contribution is -0.385. The van der Waals surface area contributed by atoms with Crippen molar-refractivity contribution < 1.29 is 4.92 Å². The number of nitro groups is 1. The maximum atomic E-state index is 11.0. The molecule has 0 aliphatic rings. The average molecular weight is 275 g/mol. The van der Waals surface area contributed by atoms with Gasteiger partial charge in [-0.3, -0.25) is 10.1 Å². The molecule has 0 amide bonds. The minimum atomic E-state index is -0.495. The van der Waals surface area contributed by atoms with Gasteiger partial charge < -0.3 is 4.90 Å². The normalized spacial score (nSPS) is 10.7. The summed E-state index contributed by atoms with van der Waals surface area (Å²) in [6, 6.07) is 6.68. The van der Waals surface area contributed by atoms with Gasteiger partial charge in [-0.2, -0.15) is 5.26 Å². The van der Waals surface area contributed by atoms with E-state index in [1.54, 1.807) is 6.07 Å². The second-order valence-electron chi connectivity index (χ2n) is 5.76. The average Bonchev–Trinajstić information content (AvgIpc) is 2.36. The Hall–Kier alpha value is -2.09. The minimum Gasteiger partial charge on any atom is -0.371 e. The predicted molar refractivity (Wildman–Crippen MR) is 79.7 cm³/mol. The number of hydrogen-bond acceptors (Lipinski definition) is 4. The first-order chi connectivity index (χ1) is 9.35. The van der Waals surface area contributed by atoms with E-state index in [1.807, 2.05) is 6.07 Å². The summed E-state index contributed by atoms with van der Waals surface area (Å²) in [6.45, 7) is 10.1. The van der Waals surface area contributed by atoms with Gasteiger partial charge in [0.2, 0.25) is 0 Å². The smallest absolute Gasteiger partial charge is 0.289 e. The lowest BCUT2D eigenvalue weighted by atomic mass is 10.1. The Morgan fingerprint density at radius 1 is 1.25 bits per heavy atom. The summed E-state index contributed by atoms with van der Waals surface area (Å²) < 4.78 is 0. The molecule has 1 aromatic rings. The molecule has 1 aromatic carbocycles. The van der Waals surface area contributed by atoms with E-state index in [0.717, 1.165) is 18.8 Å². The van der Waals surface area contributed by atoms with E-state index in [0.29, 0.717) is 11.8 Å². The van der Waals surface area contributed by atoms with E-state index in [4.69, 9.17) is 5.26 Å². The molecular weight excluding hydrogens is 254 g/mol. The Morgan fingerprint density at radius 2 is 1.80 bits per heavy atom. The third-order valence-electron chi connectivity index (χ3n) is 2.83. The van der Waals surface area contributed by atoms with Crippen LogP contribution >= 0.6 is 0 Å². The van der Waals surface area contributed by atoms with Crippen molar-refractivity contribution >= 4 is 11.4 Å². The second kappa shape index (κ2) is 6.90. The van der Waals surface area contributed by atoms with Crippen LogP contribution in [0.3, 0.4) is 0 Å². The number of rotatable bonds is 6. The summed E-state index contributed by atoms with van der Waals surface area (Å²) in [5.41, 5.74) is 0.786. The summed E-state index contributed by atoms with van der Waals surface area (Å²) in [7, 11) is 0. The Labute approximate surface area is 120 Å². The predicted octanol–water partition coefficient (Wildman–Crippen LogP) is 3.58. The molecule has 20 heavy (non-hydrogen) atoms. The molecule has 0 atom stereocenters.